The van der Waals surface area contributed by atoms with E-state index in [1.54, 1.807) is 0 Å². The number of rotatable bonds is 42. The molecule has 0 rings (SSSR count). The molecule has 0 aromatic heterocycles. The maximum Gasteiger partial charge on any atom is 0.362 e. The minimum Gasteiger partial charge on any atom is -0.477 e. The summed E-state index contributed by atoms with van der Waals surface area (Å²) in [6, 6.07) is -0.625. The van der Waals surface area contributed by atoms with Gasteiger partial charge in [-0.15, -0.1) is 0 Å². The van der Waals surface area contributed by atoms with Gasteiger partial charge < -0.3 is 23.8 Å². The lowest BCUT2D eigenvalue weighted by molar-refractivity contribution is -0.887. The molecule has 0 spiro atoms. The van der Waals surface area contributed by atoms with Crippen LogP contribution in [-0.4, -0.2) is 80.6 Å². The monoisotopic (exact) mass is 841 g/mol. The zero-order valence-electron chi connectivity index (χ0n) is 39.1. The minimum atomic E-state index is -0.883. The van der Waals surface area contributed by atoms with E-state index >= 15 is 0 Å². The molecule has 0 saturated heterocycles. The summed E-state index contributed by atoms with van der Waals surface area (Å²) in [5, 5.41) is 9.64. The van der Waals surface area contributed by atoms with Crippen LogP contribution in [0.2, 0.25) is 0 Å². The predicted octanol–water partition coefficient (Wildman–Crippen LogP) is 13.5. The van der Waals surface area contributed by atoms with Gasteiger partial charge in [0.2, 0.25) is 0 Å². The number of allylic oxidation sites excluding steroid dienone is 12. The van der Waals surface area contributed by atoms with Crippen LogP contribution in [0.3, 0.4) is 0 Å². The predicted molar refractivity (Wildman–Crippen MR) is 252 cm³/mol. The van der Waals surface area contributed by atoms with Crippen LogP contribution >= 0.6 is 0 Å². The molecule has 0 aliphatic rings. The molecule has 2 unspecified atom stereocenters. The Morgan fingerprint density at radius 1 is 0.517 bits per heavy atom. The highest BCUT2D eigenvalue weighted by Crippen LogP contribution is 2.14. The van der Waals surface area contributed by atoms with Crippen molar-refractivity contribution in [2.75, 3.05) is 41.0 Å². The standard InChI is InChI=1S/C52H89NO7/c1-6-8-10-12-14-16-18-20-22-24-25-27-29-31-33-35-37-39-41-43-51(55)60-48(46-58-45-44-49(52(56)57)53(3,4)5)47-59-50(54)42-40-38-36-34-32-30-28-26-23-21-19-17-15-13-11-9-7-2/h8,10,14,16,20-23,25,27,31,33,48-49H,6-7,9,11-13,15,17-19,24,26,28-30,32,34-47H2,1-5H3/p+1/b10-8-,16-14-,22-20-,23-21-,27-25-,33-31-. The normalized spacial score (nSPS) is 13.6. The summed E-state index contributed by atoms with van der Waals surface area (Å²) in [5.41, 5.74) is 0. The first-order chi connectivity index (χ1) is 29.1. The SMILES string of the molecule is CC/C=C\C/C=C\C/C=C\C/C=C\C/C=C\CCCCCC(=O)OC(COCCC(C(=O)O)[N+](C)(C)C)COC(=O)CCCCCCCCC/C=C\CCCCCCCC. The van der Waals surface area contributed by atoms with Crippen LogP contribution in [0.15, 0.2) is 72.9 Å². The molecule has 0 fully saturated rings. The van der Waals surface area contributed by atoms with E-state index in [0.717, 1.165) is 77.0 Å². The Hall–Kier alpha value is -3.23. The molecule has 0 amide bonds. The third kappa shape index (κ3) is 40.2. The number of quaternary nitrogens is 1. The quantitative estimate of drug-likeness (QED) is 0.0283. The highest BCUT2D eigenvalue weighted by molar-refractivity contribution is 5.72. The number of likely N-dealkylation sites (N-methyl/N-ethyl adjacent to an activating group) is 1. The number of carboxylic acid groups (broad SMARTS) is 1. The van der Waals surface area contributed by atoms with Crippen molar-refractivity contribution in [3.05, 3.63) is 72.9 Å². The van der Waals surface area contributed by atoms with E-state index in [9.17, 15) is 19.5 Å². The number of carboxylic acids is 1. The summed E-state index contributed by atoms with van der Waals surface area (Å²) in [4.78, 5) is 37.1. The lowest BCUT2D eigenvalue weighted by atomic mass is 10.1. The Bertz CT molecular complexity index is 1210. The second kappa shape index (κ2) is 42.5. The molecule has 0 radical (unpaired) electrons. The third-order valence-electron chi connectivity index (χ3n) is 10.3. The summed E-state index contributed by atoms with van der Waals surface area (Å²) >= 11 is 0. The fraction of sp³-hybridized carbons (Fsp3) is 0.712. The molecule has 8 nitrogen and oxygen atoms in total. The fourth-order valence-electron chi connectivity index (χ4n) is 6.64. The molecule has 0 bridgehead atoms. The van der Waals surface area contributed by atoms with Crippen LogP contribution in [0.5, 0.6) is 0 Å². The number of hydrogen-bond donors (Lipinski definition) is 1. The van der Waals surface area contributed by atoms with Gasteiger partial charge in [0.15, 0.2) is 12.1 Å². The summed E-state index contributed by atoms with van der Waals surface area (Å²) < 4.78 is 17.3. The van der Waals surface area contributed by atoms with Gasteiger partial charge in [0.1, 0.15) is 6.61 Å². The van der Waals surface area contributed by atoms with Crippen LogP contribution < -0.4 is 0 Å². The Morgan fingerprint density at radius 3 is 1.42 bits per heavy atom. The van der Waals surface area contributed by atoms with E-state index in [4.69, 9.17) is 14.2 Å². The van der Waals surface area contributed by atoms with Gasteiger partial charge in [0, 0.05) is 19.3 Å². The number of ether oxygens (including phenoxy) is 3. The van der Waals surface area contributed by atoms with Crippen molar-refractivity contribution in [3.63, 3.8) is 0 Å². The summed E-state index contributed by atoms with van der Waals surface area (Å²) in [7, 11) is 5.51. The minimum absolute atomic E-state index is 0.0431. The maximum atomic E-state index is 12.8. The van der Waals surface area contributed by atoms with Crippen molar-refractivity contribution >= 4 is 17.9 Å². The van der Waals surface area contributed by atoms with Crippen molar-refractivity contribution in [2.45, 2.75) is 199 Å². The van der Waals surface area contributed by atoms with Crippen molar-refractivity contribution in [3.8, 4) is 0 Å². The lowest BCUT2D eigenvalue weighted by Crippen LogP contribution is -2.50. The smallest absolute Gasteiger partial charge is 0.362 e. The van der Waals surface area contributed by atoms with Gasteiger partial charge in [-0.25, -0.2) is 4.79 Å². The summed E-state index contributed by atoms with van der Waals surface area (Å²) in [6.45, 7) is 4.58. The van der Waals surface area contributed by atoms with E-state index in [-0.39, 0.29) is 42.7 Å². The van der Waals surface area contributed by atoms with Crippen molar-refractivity contribution in [1.82, 2.24) is 0 Å². The molecule has 0 saturated carbocycles. The average molecular weight is 841 g/mol. The number of carbonyl (C=O) groups excluding carboxylic acids is 2. The first kappa shape index (κ1) is 56.8. The molecule has 0 aromatic carbocycles. The molecule has 0 heterocycles. The number of unbranched alkanes of at least 4 members (excludes halogenated alkanes) is 16. The van der Waals surface area contributed by atoms with Gasteiger partial charge in [-0.3, -0.25) is 9.59 Å². The first-order valence-electron chi connectivity index (χ1n) is 24.0. The highest BCUT2D eigenvalue weighted by Gasteiger charge is 2.31. The van der Waals surface area contributed by atoms with Gasteiger partial charge in [-0.1, -0.05) is 157 Å². The van der Waals surface area contributed by atoms with E-state index in [2.05, 4.69) is 86.8 Å². The molecule has 2 atom stereocenters. The average Bonchev–Trinajstić information content (AvgIpc) is 3.21. The Kier molecular flexibility index (Phi) is 40.2. The number of esters is 2. The van der Waals surface area contributed by atoms with Crippen molar-refractivity contribution in [1.29, 1.82) is 0 Å². The van der Waals surface area contributed by atoms with Crippen LogP contribution in [0, 0.1) is 0 Å². The fourth-order valence-corrected chi connectivity index (χ4v) is 6.64. The van der Waals surface area contributed by atoms with Gasteiger partial charge in [0.25, 0.3) is 0 Å². The Balaban J connectivity index is 4.38. The van der Waals surface area contributed by atoms with E-state index in [0.29, 0.717) is 12.8 Å². The Labute approximate surface area is 368 Å². The molecule has 8 heteroatoms. The largest absolute Gasteiger partial charge is 0.477 e. The zero-order valence-corrected chi connectivity index (χ0v) is 39.1. The van der Waals surface area contributed by atoms with Gasteiger partial charge in [-0.2, -0.15) is 0 Å². The van der Waals surface area contributed by atoms with E-state index in [1.807, 2.05) is 21.1 Å². The highest BCUT2D eigenvalue weighted by atomic mass is 16.6. The molecule has 60 heavy (non-hydrogen) atoms. The molecular formula is C52H90NO7+. The van der Waals surface area contributed by atoms with Gasteiger partial charge in [-0.05, 0) is 83.5 Å². The van der Waals surface area contributed by atoms with E-state index in [1.165, 1.54) is 77.0 Å². The van der Waals surface area contributed by atoms with Crippen molar-refractivity contribution in [2.24, 2.45) is 0 Å². The van der Waals surface area contributed by atoms with Crippen LogP contribution in [0.4, 0.5) is 0 Å². The molecular weight excluding hydrogens is 751 g/mol. The number of carbonyl (C=O) groups is 3. The summed E-state index contributed by atoms with van der Waals surface area (Å²) in [6.07, 6.45) is 53.7. The Morgan fingerprint density at radius 2 is 0.933 bits per heavy atom. The van der Waals surface area contributed by atoms with Crippen LogP contribution in [-0.2, 0) is 28.6 Å². The molecule has 0 aromatic rings. The topological polar surface area (TPSA) is 99.1 Å². The number of aliphatic carboxylic acids is 1. The van der Waals surface area contributed by atoms with E-state index < -0.39 is 18.1 Å². The number of hydrogen-bond acceptors (Lipinski definition) is 6. The molecule has 0 aliphatic carbocycles. The number of nitrogens with zero attached hydrogens (tertiary/aromatic N) is 1. The first-order valence-corrected chi connectivity index (χ1v) is 24.0. The van der Waals surface area contributed by atoms with Crippen LogP contribution in [0.25, 0.3) is 0 Å². The van der Waals surface area contributed by atoms with Gasteiger partial charge in [0.05, 0.1) is 34.4 Å². The second-order valence-electron chi connectivity index (χ2n) is 17.0. The van der Waals surface area contributed by atoms with Crippen molar-refractivity contribution < 1.29 is 38.2 Å². The molecule has 344 valence electrons. The van der Waals surface area contributed by atoms with Crippen LogP contribution in [0.1, 0.15) is 187 Å². The maximum absolute atomic E-state index is 12.8. The molecule has 0 aliphatic heterocycles. The van der Waals surface area contributed by atoms with Gasteiger partial charge >= 0.3 is 17.9 Å². The third-order valence-corrected chi connectivity index (χ3v) is 10.3. The summed E-state index contributed by atoms with van der Waals surface area (Å²) in [5.74, 6) is -1.52. The molecule has 1 N–H and O–H groups in total. The zero-order chi connectivity index (χ0) is 44.2. The lowest BCUT2D eigenvalue weighted by Gasteiger charge is -2.31. The second-order valence-corrected chi connectivity index (χ2v) is 17.0.